The number of ether oxygens (including phenoxy) is 2. The molecule has 0 aliphatic carbocycles. The molecular weight excluding hydrogens is 416 g/mol. The maximum Gasteiger partial charge on any atom is 0.335 e. The molecule has 0 amide bonds. The van der Waals surface area contributed by atoms with E-state index in [2.05, 4.69) is 6.92 Å². The van der Waals surface area contributed by atoms with Gasteiger partial charge >= 0.3 is 11.9 Å². The molecular formula is C28H54O5. The number of aliphatic hydroxyl groups is 1. The lowest BCUT2D eigenvalue weighted by atomic mass is 9.94. The van der Waals surface area contributed by atoms with Crippen LogP contribution in [0.5, 0.6) is 0 Å². The van der Waals surface area contributed by atoms with Gasteiger partial charge in [-0.2, -0.15) is 0 Å². The minimum absolute atomic E-state index is 0.185. The van der Waals surface area contributed by atoms with E-state index in [4.69, 9.17) is 9.47 Å². The van der Waals surface area contributed by atoms with Gasteiger partial charge in [-0.15, -0.1) is 0 Å². The standard InChI is InChI=1S/C28H54O5/c1-4-7-8-9-10-11-12-13-14-15-16-17-18-19-20-21-22-23-24-25(27(30)32-5-2)26(29)28(31)33-6-3/h25-26,29H,4-24H2,1-3H3/t25-,26+/m1/s1. The molecule has 0 aliphatic rings. The topological polar surface area (TPSA) is 72.8 Å². The highest BCUT2D eigenvalue weighted by atomic mass is 16.6. The van der Waals surface area contributed by atoms with Gasteiger partial charge in [0.25, 0.3) is 0 Å². The molecule has 0 aliphatic heterocycles. The van der Waals surface area contributed by atoms with E-state index in [1.54, 1.807) is 13.8 Å². The van der Waals surface area contributed by atoms with E-state index in [1.165, 1.54) is 96.3 Å². The summed E-state index contributed by atoms with van der Waals surface area (Å²) in [6.45, 7) is 6.10. The molecule has 0 rings (SSSR count). The van der Waals surface area contributed by atoms with E-state index < -0.39 is 24.0 Å². The molecule has 0 bridgehead atoms. The Bertz CT molecular complexity index is 452. The third-order valence-corrected chi connectivity index (χ3v) is 6.37. The minimum Gasteiger partial charge on any atom is -0.466 e. The molecule has 0 heterocycles. The molecule has 0 saturated heterocycles. The van der Waals surface area contributed by atoms with E-state index in [9.17, 15) is 14.7 Å². The Labute approximate surface area is 204 Å². The minimum atomic E-state index is -1.44. The molecule has 33 heavy (non-hydrogen) atoms. The molecule has 196 valence electrons. The van der Waals surface area contributed by atoms with Crippen LogP contribution in [0.1, 0.15) is 143 Å². The van der Waals surface area contributed by atoms with Crippen LogP contribution in [-0.2, 0) is 19.1 Å². The van der Waals surface area contributed by atoms with Crippen molar-refractivity contribution in [2.75, 3.05) is 13.2 Å². The summed E-state index contributed by atoms with van der Waals surface area (Å²) in [5.74, 6) is -2.08. The molecule has 0 radical (unpaired) electrons. The Hall–Kier alpha value is -1.10. The predicted octanol–water partition coefficient (Wildman–Crippen LogP) is 7.52. The fourth-order valence-electron chi connectivity index (χ4n) is 4.31. The molecule has 0 unspecified atom stereocenters. The van der Waals surface area contributed by atoms with Crippen LogP contribution >= 0.6 is 0 Å². The summed E-state index contributed by atoms with van der Waals surface area (Å²) in [6.07, 6.45) is 22.5. The van der Waals surface area contributed by atoms with E-state index in [0.717, 1.165) is 19.3 Å². The van der Waals surface area contributed by atoms with Crippen LogP contribution in [0.3, 0.4) is 0 Å². The van der Waals surface area contributed by atoms with Gasteiger partial charge < -0.3 is 14.6 Å². The second-order valence-corrected chi connectivity index (χ2v) is 9.35. The van der Waals surface area contributed by atoms with Crippen molar-refractivity contribution in [2.45, 2.75) is 149 Å². The number of hydrogen-bond donors (Lipinski definition) is 1. The second-order valence-electron chi connectivity index (χ2n) is 9.35. The lowest BCUT2D eigenvalue weighted by Gasteiger charge is -2.20. The quantitative estimate of drug-likeness (QED) is 0.117. The number of carbonyl (C=O) groups is 2. The van der Waals surface area contributed by atoms with Gasteiger partial charge in [0.05, 0.1) is 19.1 Å². The van der Waals surface area contributed by atoms with Gasteiger partial charge in [0.1, 0.15) is 0 Å². The van der Waals surface area contributed by atoms with Crippen LogP contribution in [-0.4, -0.2) is 36.4 Å². The number of unbranched alkanes of at least 4 members (excludes halogenated alkanes) is 17. The van der Waals surface area contributed by atoms with Crippen LogP contribution in [0.15, 0.2) is 0 Å². The Morgan fingerprint density at radius 1 is 0.545 bits per heavy atom. The third-order valence-electron chi connectivity index (χ3n) is 6.37. The molecule has 0 saturated carbocycles. The Morgan fingerprint density at radius 3 is 1.24 bits per heavy atom. The maximum atomic E-state index is 12.1. The molecule has 0 fully saturated rings. The van der Waals surface area contributed by atoms with Crippen LogP contribution in [0.25, 0.3) is 0 Å². The van der Waals surface area contributed by atoms with Gasteiger partial charge in [-0.05, 0) is 20.3 Å². The molecule has 5 heteroatoms. The third kappa shape index (κ3) is 19.0. The Morgan fingerprint density at radius 2 is 0.879 bits per heavy atom. The van der Waals surface area contributed by atoms with Gasteiger partial charge in [0.15, 0.2) is 6.10 Å². The van der Waals surface area contributed by atoms with Gasteiger partial charge in [0, 0.05) is 0 Å². The lowest BCUT2D eigenvalue weighted by molar-refractivity contribution is -0.166. The SMILES string of the molecule is CCCCCCCCCCCCCCCCCCCC[C@@H](C(=O)OCC)[C@H](O)C(=O)OCC. The molecule has 0 aromatic rings. The zero-order valence-electron chi connectivity index (χ0n) is 22.1. The van der Waals surface area contributed by atoms with E-state index in [1.807, 2.05) is 0 Å². The average molecular weight is 471 g/mol. The zero-order chi connectivity index (χ0) is 24.6. The fourth-order valence-corrected chi connectivity index (χ4v) is 4.31. The molecule has 0 aromatic heterocycles. The first kappa shape index (κ1) is 31.9. The number of hydrogen-bond acceptors (Lipinski definition) is 5. The largest absolute Gasteiger partial charge is 0.466 e. The van der Waals surface area contributed by atoms with Crippen molar-refractivity contribution in [1.82, 2.24) is 0 Å². The number of rotatable bonds is 24. The molecule has 5 nitrogen and oxygen atoms in total. The van der Waals surface area contributed by atoms with Crippen LogP contribution in [0, 0.1) is 5.92 Å². The van der Waals surface area contributed by atoms with Crippen molar-refractivity contribution in [3.8, 4) is 0 Å². The number of carbonyl (C=O) groups excluding carboxylic acids is 2. The maximum absolute atomic E-state index is 12.1. The van der Waals surface area contributed by atoms with Crippen LogP contribution in [0.4, 0.5) is 0 Å². The summed E-state index contributed by atoms with van der Waals surface area (Å²) in [7, 11) is 0. The van der Waals surface area contributed by atoms with Crippen molar-refractivity contribution in [2.24, 2.45) is 5.92 Å². The summed E-state index contributed by atoms with van der Waals surface area (Å²) in [5.41, 5.74) is 0. The van der Waals surface area contributed by atoms with Crippen LogP contribution in [0.2, 0.25) is 0 Å². The fraction of sp³-hybridized carbons (Fsp3) is 0.929. The lowest BCUT2D eigenvalue weighted by Crippen LogP contribution is -2.37. The highest BCUT2D eigenvalue weighted by Crippen LogP contribution is 2.19. The van der Waals surface area contributed by atoms with E-state index in [-0.39, 0.29) is 13.2 Å². The highest BCUT2D eigenvalue weighted by molar-refractivity contribution is 5.83. The smallest absolute Gasteiger partial charge is 0.335 e. The molecule has 2 atom stereocenters. The van der Waals surface area contributed by atoms with Gasteiger partial charge in [-0.25, -0.2) is 4.79 Å². The second kappa shape index (κ2) is 24.0. The van der Waals surface area contributed by atoms with Crippen molar-refractivity contribution >= 4 is 11.9 Å². The van der Waals surface area contributed by atoms with Gasteiger partial charge in [-0.3, -0.25) is 4.79 Å². The normalized spacial score (nSPS) is 13.0. The monoisotopic (exact) mass is 470 g/mol. The van der Waals surface area contributed by atoms with Crippen LogP contribution < -0.4 is 0 Å². The van der Waals surface area contributed by atoms with Gasteiger partial charge in [-0.1, -0.05) is 122 Å². The first-order valence-electron chi connectivity index (χ1n) is 14.1. The Balaban J connectivity index is 3.63. The van der Waals surface area contributed by atoms with Gasteiger partial charge in [0.2, 0.25) is 0 Å². The predicted molar refractivity (Wildman–Crippen MR) is 136 cm³/mol. The van der Waals surface area contributed by atoms with E-state index in [0.29, 0.717) is 6.42 Å². The van der Waals surface area contributed by atoms with Crippen molar-refractivity contribution in [1.29, 1.82) is 0 Å². The number of aliphatic hydroxyl groups excluding tert-OH is 1. The van der Waals surface area contributed by atoms with Crippen molar-refractivity contribution in [3.63, 3.8) is 0 Å². The highest BCUT2D eigenvalue weighted by Gasteiger charge is 2.33. The van der Waals surface area contributed by atoms with E-state index >= 15 is 0 Å². The molecule has 1 N–H and O–H groups in total. The van der Waals surface area contributed by atoms with Crippen molar-refractivity contribution in [3.05, 3.63) is 0 Å². The average Bonchev–Trinajstić information content (AvgIpc) is 2.80. The van der Waals surface area contributed by atoms with Crippen molar-refractivity contribution < 1.29 is 24.2 Å². The summed E-state index contributed by atoms with van der Waals surface area (Å²) < 4.78 is 9.89. The Kier molecular flexibility index (Phi) is 23.2. The first-order chi connectivity index (χ1) is 16.1. The summed E-state index contributed by atoms with van der Waals surface area (Å²) in [4.78, 5) is 23.9. The molecule has 0 aromatic carbocycles. The number of esters is 2. The summed E-state index contributed by atoms with van der Waals surface area (Å²) in [6, 6.07) is 0. The zero-order valence-corrected chi connectivity index (χ0v) is 22.1. The first-order valence-corrected chi connectivity index (χ1v) is 14.1. The summed E-state index contributed by atoms with van der Waals surface area (Å²) >= 11 is 0. The summed E-state index contributed by atoms with van der Waals surface area (Å²) in [5, 5.41) is 10.2. The molecule has 0 spiro atoms.